The number of aromatic nitrogens is 5. The number of hydrogen-bond acceptors (Lipinski definition) is 4. The minimum atomic E-state index is 0.369. The zero-order valence-corrected chi connectivity index (χ0v) is 14.8. The van der Waals surface area contributed by atoms with E-state index in [2.05, 4.69) is 40.2 Å². The highest BCUT2D eigenvalue weighted by atomic mass is 15.3. The van der Waals surface area contributed by atoms with E-state index in [1.807, 2.05) is 40.8 Å². The van der Waals surface area contributed by atoms with Crippen molar-refractivity contribution in [2.75, 3.05) is 6.54 Å². The molecule has 0 spiro atoms. The Bertz CT molecular complexity index is 849. The Labute approximate surface area is 148 Å². The van der Waals surface area contributed by atoms with Crippen molar-refractivity contribution in [2.24, 2.45) is 0 Å². The lowest BCUT2D eigenvalue weighted by molar-refractivity contribution is 0.244. The molecule has 0 aromatic carbocycles. The van der Waals surface area contributed by atoms with Gasteiger partial charge in [0.15, 0.2) is 0 Å². The lowest BCUT2D eigenvalue weighted by atomic mass is 10.1. The average molecular weight is 336 g/mol. The Morgan fingerprint density at radius 3 is 2.96 bits per heavy atom. The third kappa shape index (κ3) is 3.22. The van der Waals surface area contributed by atoms with Crippen LogP contribution in [0.3, 0.4) is 0 Å². The zero-order chi connectivity index (χ0) is 17.2. The molecule has 6 nitrogen and oxygen atoms in total. The van der Waals surface area contributed by atoms with Crippen LogP contribution >= 0.6 is 0 Å². The van der Waals surface area contributed by atoms with Crippen molar-refractivity contribution in [1.82, 2.24) is 29.2 Å². The summed E-state index contributed by atoms with van der Waals surface area (Å²) in [5, 5.41) is 4.40. The first kappa shape index (κ1) is 16.0. The van der Waals surface area contributed by atoms with Crippen molar-refractivity contribution in [3.63, 3.8) is 0 Å². The maximum absolute atomic E-state index is 4.93. The maximum Gasteiger partial charge on any atom is 0.138 e. The highest BCUT2D eigenvalue weighted by Gasteiger charge is 2.27. The van der Waals surface area contributed by atoms with Crippen LogP contribution in [0.25, 0.3) is 5.82 Å². The molecular formula is C19H24N6. The van der Waals surface area contributed by atoms with Gasteiger partial charge in [-0.1, -0.05) is 6.07 Å². The number of likely N-dealkylation sites (tertiary alicyclic amines) is 1. The molecule has 1 aliphatic heterocycles. The highest BCUT2D eigenvalue weighted by Crippen LogP contribution is 2.32. The van der Waals surface area contributed by atoms with Gasteiger partial charge in [-0.3, -0.25) is 14.1 Å². The van der Waals surface area contributed by atoms with Crippen molar-refractivity contribution in [3.05, 3.63) is 60.1 Å². The highest BCUT2D eigenvalue weighted by molar-refractivity contribution is 5.28. The van der Waals surface area contributed by atoms with E-state index in [0.717, 1.165) is 43.4 Å². The first-order valence-corrected chi connectivity index (χ1v) is 8.97. The summed E-state index contributed by atoms with van der Waals surface area (Å²) in [5.41, 5.74) is 2.42. The van der Waals surface area contributed by atoms with Gasteiger partial charge < -0.3 is 0 Å². The second-order valence-corrected chi connectivity index (χ2v) is 6.60. The molecule has 0 radical (unpaired) electrons. The van der Waals surface area contributed by atoms with Gasteiger partial charge in [-0.25, -0.2) is 9.97 Å². The Morgan fingerprint density at radius 2 is 2.20 bits per heavy atom. The van der Waals surface area contributed by atoms with Gasteiger partial charge in [-0.15, -0.1) is 0 Å². The summed E-state index contributed by atoms with van der Waals surface area (Å²) >= 11 is 0. The van der Waals surface area contributed by atoms with E-state index in [4.69, 9.17) is 4.98 Å². The van der Waals surface area contributed by atoms with E-state index in [0.29, 0.717) is 6.04 Å². The van der Waals surface area contributed by atoms with Gasteiger partial charge in [-0.2, -0.15) is 5.10 Å². The third-order valence-electron chi connectivity index (χ3n) is 4.93. The molecule has 0 bridgehead atoms. The number of hydrogen-bond donors (Lipinski definition) is 0. The monoisotopic (exact) mass is 336 g/mol. The topological polar surface area (TPSA) is 51.8 Å². The van der Waals surface area contributed by atoms with E-state index in [1.165, 1.54) is 12.0 Å². The van der Waals surface area contributed by atoms with Gasteiger partial charge in [0.2, 0.25) is 0 Å². The first-order chi connectivity index (χ1) is 12.2. The maximum atomic E-state index is 4.93. The van der Waals surface area contributed by atoms with E-state index in [9.17, 15) is 0 Å². The predicted octanol–water partition coefficient (Wildman–Crippen LogP) is 3.13. The lowest BCUT2D eigenvalue weighted by Crippen LogP contribution is -2.23. The molecule has 1 saturated heterocycles. The second kappa shape index (κ2) is 6.80. The molecule has 1 atom stereocenters. The molecule has 3 aromatic rings. The Kier molecular flexibility index (Phi) is 4.36. The molecule has 4 rings (SSSR count). The number of pyridine rings is 1. The van der Waals surface area contributed by atoms with Gasteiger partial charge in [0.05, 0.1) is 17.9 Å². The summed E-state index contributed by atoms with van der Waals surface area (Å²) in [4.78, 5) is 11.8. The van der Waals surface area contributed by atoms with Gasteiger partial charge in [0.25, 0.3) is 0 Å². The molecule has 25 heavy (non-hydrogen) atoms. The molecule has 0 saturated carbocycles. The molecule has 130 valence electrons. The fourth-order valence-electron chi connectivity index (χ4n) is 3.63. The summed E-state index contributed by atoms with van der Waals surface area (Å²) in [6.45, 7) is 7.07. The molecule has 6 heteroatoms. The van der Waals surface area contributed by atoms with E-state index < -0.39 is 0 Å². The van der Waals surface area contributed by atoms with E-state index >= 15 is 0 Å². The van der Waals surface area contributed by atoms with Crippen LogP contribution in [-0.2, 0) is 13.1 Å². The van der Waals surface area contributed by atoms with E-state index in [1.54, 1.807) is 0 Å². The summed E-state index contributed by atoms with van der Waals surface area (Å²) in [6.07, 6.45) is 10.3. The van der Waals surface area contributed by atoms with Crippen LogP contribution in [0.2, 0.25) is 0 Å². The summed E-state index contributed by atoms with van der Waals surface area (Å²) in [5.74, 6) is 1.90. The van der Waals surface area contributed by atoms with Crippen molar-refractivity contribution in [1.29, 1.82) is 0 Å². The molecule has 0 N–H and O–H groups in total. The van der Waals surface area contributed by atoms with Crippen LogP contribution in [0.1, 0.15) is 42.9 Å². The quantitative estimate of drug-likeness (QED) is 0.718. The molecule has 0 amide bonds. The molecule has 1 fully saturated rings. The van der Waals surface area contributed by atoms with Crippen LogP contribution in [0.4, 0.5) is 0 Å². The minimum absolute atomic E-state index is 0.369. The van der Waals surface area contributed by atoms with E-state index in [-0.39, 0.29) is 0 Å². The summed E-state index contributed by atoms with van der Waals surface area (Å²) in [6, 6.07) is 6.66. The molecular weight excluding hydrogens is 312 g/mol. The van der Waals surface area contributed by atoms with Gasteiger partial charge >= 0.3 is 0 Å². The standard InChI is InChI=1S/C19H24N6/c1-3-24-14-16(12-21-24)13-23-10-5-7-18(23)17-6-4-8-19(22-17)25-11-9-20-15(25)2/h4,6,8-9,11-12,14,18H,3,5,7,10,13H2,1-2H3. The first-order valence-electron chi connectivity index (χ1n) is 8.97. The van der Waals surface area contributed by atoms with Crippen LogP contribution in [0, 0.1) is 6.92 Å². The number of aryl methyl sites for hydroxylation is 2. The van der Waals surface area contributed by atoms with Crippen molar-refractivity contribution < 1.29 is 0 Å². The fraction of sp³-hybridized carbons (Fsp3) is 0.421. The van der Waals surface area contributed by atoms with Crippen molar-refractivity contribution in [3.8, 4) is 5.82 Å². The molecule has 0 aliphatic carbocycles. The third-order valence-corrected chi connectivity index (χ3v) is 4.93. The summed E-state index contributed by atoms with van der Waals surface area (Å²) < 4.78 is 4.02. The average Bonchev–Trinajstić information content (AvgIpc) is 3.36. The van der Waals surface area contributed by atoms with Crippen LogP contribution in [0.5, 0.6) is 0 Å². The fourth-order valence-corrected chi connectivity index (χ4v) is 3.63. The van der Waals surface area contributed by atoms with Crippen LogP contribution in [-0.4, -0.2) is 35.8 Å². The Balaban J connectivity index is 1.57. The normalized spacial score (nSPS) is 18.1. The van der Waals surface area contributed by atoms with Gasteiger partial charge in [0, 0.05) is 37.2 Å². The minimum Gasteiger partial charge on any atom is -0.290 e. The van der Waals surface area contributed by atoms with Crippen LogP contribution < -0.4 is 0 Å². The molecule has 4 heterocycles. The lowest BCUT2D eigenvalue weighted by Gasteiger charge is -2.24. The Morgan fingerprint density at radius 1 is 1.28 bits per heavy atom. The van der Waals surface area contributed by atoms with Gasteiger partial charge in [-0.05, 0) is 45.4 Å². The molecule has 1 aliphatic rings. The number of rotatable bonds is 5. The van der Waals surface area contributed by atoms with Crippen molar-refractivity contribution in [2.45, 2.75) is 45.8 Å². The number of imidazole rings is 1. The Hall–Kier alpha value is -2.47. The molecule has 3 aromatic heterocycles. The molecule has 1 unspecified atom stereocenters. The number of nitrogens with zero attached hydrogens (tertiary/aromatic N) is 6. The zero-order valence-electron chi connectivity index (χ0n) is 14.8. The van der Waals surface area contributed by atoms with Crippen LogP contribution in [0.15, 0.2) is 43.0 Å². The largest absolute Gasteiger partial charge is 0.290 e. The van der Waals surface area contributed by atoms with Gasteiger partial charge in [0.1, 0.15) is 11.6 Å². The van der Waals surface area contributed by atoms with Crippen molar-refractivity contribution >= 4 is 0 Å². The second-order valence-electron chi connectivity index (χ2n) is 6.60. The summed E-state index contributed by atoms with van der Waals surface area (Å²) in [7, 11) is 0. The smallest absolute Gasteiger partial charge is 0.138 e. The SMILES string of the molecule is CCn1cc(CN2CCCC2c2cccc(-n3ccnc3C)n2)cn1. The predicted molar refractivity (Wildman–Crippen MR) is 96.4 cm³/mol.